The van der Waals surface area contributed by atoms with E-state index >= 15 is 0 Å². The molecule has 3 N–H and O–H groups in total. The minimum absolute atomic E-state index is 0.0987. The fraction of sp³-hybridized carbons (Fsp3) is 0.571. The Labute approximate surface area is 114 Å². The van der Waals surface area contributed by atoms with E-state index in [9.17, 15) is 0 Å². The van der Waals surface area contributed by atoms with Crippen LogP contribution >= 0.6 is 0 Å². The number of nitrogens with two attached hydrogens (primary N) is 1. The predicted molar refractivity (Wildman–Crippen MR) is 78.8 cm³/mol. The van der Waals surface area contributed by atoms with Gasteiger partial charge in [0.05, 0.1) is 5.56 Å². The monoisotopic (exact) mass is 261 g/mol. The highest BCUT2D eigenvalue weighted by Gasteiger charge is 2.33. The molecule has 0 aromatic carbocycles. The van der Waals surface area contributed by atoms with E-state index in [1.807, 2.05) is 13.0 Å². The number of amidine groups is 1. The molecule has 1 aromatic rings. The van der Waals surface area contributed by atoms with Crippen LogP contribution in [0.5, 0.6) is 0 Å². The van der Waals surface area contributed by atoms with Crippen LogP contribution in [0.25, 0.3) is 0 Å². The predicted octanol–water partition coefficient (Wildman–Crippen LogP) is 1.06. The van der Waals surface area contributed by atoms with Crippen molar-refractivity contribution in [2.75, 3.05) is 32.1 Å². The van der Waals surface area contributed by atoms with Crippen molar-refractivity contribution in [3.63, 3.8) is 0 Å². The minimum atomic E-state index is 0.0987. The van der Waals surface area contributed by atoms with Crippen LogP contribution in [0.2, 0.25) is 0 Å². The highest BCUT2D eigenvalue weighted by molar-refractivity contribution is 6.01. The molecule has 1 aliphatic rings. The minimum Gasteiger partial charge on any atom is -0.384 e. The summed E-state index contributed by atoms with van der Waals surface area (Å²) in [5.74, 6) is 1.53. The number of aromatic nitrogens is 1. The average Bonchev–Trinajstić information content (AvgIpc) is 2.70. The van der Waals surface area contributed by atoms with Crippen LogP contribution in [0.4, 0.5) is 5.82 Å². The van der Waals surface area contributed by atoms with Gasteiger partial charge in [0, 0.05) is 25.3 Å². The van der Waals surface area contributed by atoms with Gasteiger partial charge in [-0.2, -0.15) is 0 Å². The third kappa shape index (κ3) is 2.56. The summed E-state index contributed by atoms with van der Waals surface area (Å²) in [6, 6.07) is 2.42. The van der Waals surface area contributed by atoms with E-state index in [0.717, 1.165) is 30.0 Å². The Hall–Kier alpha value is -1.62. The summed E-state index contributed by atoms with van der Waals surface area (Å²) in [6.07, 6.45) is 1.80. The molecular weight excluding hydrogens is 238 g/mol. The first-order valence-corrected chi connectivity index (χ1v) is 6.63. The first kappa shape index (κ1) is 13.8. The largest absolute Gasteiger partial charge is 0.384 e. The second-order valence-electron chi connectivity index (χ2n) is 5.65. The normalized spacial score (nSPS) is 23.1. The van der Waals surface area contributed by atoms with Crippen molar-refractivity contribution < 1.29 is 0 Å². The molecule has 1 aromatic heterocycles. The molecule has 0 bridgehead atoms. The fourth-order valence-corrected chi connectivity index (χ4v) is 2.91. The lowest BCUT2D eigenvalue weighted by molar-refractivity contribution is 0.266. The summed E-state index contributed by atoms with van der Waals surface area (Å²) >= 11 is 0. The van der Waals surface area contributed by atoms with Crippen molar-refractivity contribution in [2.24, 2.45) is 11.7 Å². The Morgan fingerprint density at radius 2 is 2.16 bits per heavy atom. The highest BCUT2D eigenvalue weighted by atomic mass is 15.3. The number of nitrogens with zero attached hydrogens (tertiary/aromatic N) is 3. The van der Waals surface area contributed by atoms with Crippen molar-refractivity contribution in [2.45, 2.75) is 19.9 Å². The van der Waals surface area contributed by atoms with Crippen molar-refractivity contribution in [1.82, 2.24) is 9.88 Å². The Bertz CT molecular complexity index is 483. The first-order valence-electron chi connectivity index (χ1n) is 6.63. The maximum absolute atomic E-state index is 7.77. The quantitative estimate of drug-likeness (QED) is 0.630. The van der Waals surface area contributed by atoms with E-state index in [-0.39, 0.29) is 5.84 Å². The molecule has 1 fully saturated rings. The summed E-state index contributed by atoms with van der Waals surface area (Å²) in [7, 11) is 4.22. The van der Waals surface area contributed by atoms with Crippen molar-refractivity contribution in [3.05, 3.63) is 23.4 Å². The molecule has 0 radical (unpaired) electrons. The van der Waals surface area contributed by atoms with Gasteiger partial charge in [0.1, 0.15) is 11.7 Å². The molecular formula is C14H23N5. The Balaban J connectivity index is 2.34. The number of likely N-dealkylation sites (N-methyl/N-ethyl adjacent to an activating group) is 1. The van der Waals surface area contributed by atoms with E-state index in [2.05, 4.69) is 35.8 Å². The third-order valence-corrected chi connectivity index (χ3v) is 3.94. The van der Waals surface area contributed by atoms with Gasteiger partial charge in [-0.05, 0) is 38.6 Å². The lowest BCUT2D eigenvalue weighted by atomic mass is 10.1. The second-order valence-corrected chi connectivity index (χ2v) is 5.65. The van der Waals surface area contributed by atoms with Crippen LogP contribution < -0.4 is 10.6 Å². The van der Waals surface area contributed by atoms with Crippen LogP contribution in [0.15, 0.2) is 12.3 Å². The van der Waals surface area contributed by atoms with Crippen molar-refractivity contribution >= 4 is 11.7 Å². The van der Waals surface area contributed by atoms with Crippen LogP contribution in [0.1, 0.15) is 18.1 Å². The van der Waals surface area contributed by atoms with E-state index < -0.39 is 0 Å². The second kappa shape index (κ2) is 5.17. The maximum Gasteiger partial charge on any atom is 0.139 e. The van der Waals surface area contributed by atoms with E-state index in [4.69, 9.17) is 11.1 Å². The van der Waals surface area contributed by atoms with E-state index in [1.54, 1.807) is 6.20 Å². The van der Waals surface area contributed by atoms with Gasteiger partial charge in [-0.15, -0.1) is 0 Å². The molecule has 1 saturated heterocycles. The molecule has 19 heavy (non-hydrogen) atoms. The van der Waals surface area contributed by atoms with Gasteiger partial charge >= 0.3 is 0 Å². The summed E-state index contributed by atoms with van der Waals surface area (Å²) in [4.78, 5) is 8.96. The highest BCUT2D eigenvalue weighted by Crippen LogP contribution is 2.28. The average molecular weight is 261 g/mol. The summed E-state index contributed by atoms with van der Waals surface area (Å²) in [5, 5.41) is 7.77. The van der Waals surface area contributed by atoms with Crippen molar-refractivity contribution in [1.29, 1.82) is 5.41 Å². The SMILES string of the molecule is Cc1ccnc(N2CC(C)C(N(C)C)C2)c1C(=N)N. The van der Waals surface area contributed by atoms with Crippen LogP contribution in [-0.2, 0) is 0 Å². The first-order chi connectivity index (χ1) is 8.91. The summed E-state index contributed by atoms with van der Waals surface area (Å²) in [6.45, 7) is 6.13. The molecule has 5 heteroatoms. The van der Waals surface area contributed by atoms with Gasteiger partial charge in [0.2, 0.25) is 0 Å². The van der Waals surface area contributed by atoms with Gasteiger partial charge < -0.3 is 15.5 Å². The Morgan fingerprint density at radius 1 is 1.47 bits per heavy atom. The molecule has 1 aliphatic heterocycles. The molecule has 2 rings (SSSR count). The zero-order chi connectivity index (χ0) is 14.2. The Kier molecular flexibility index (Phi) is 3.75. The molecule has 2 atom stereocenters. The number of nitrogens with one attached hydrogen (secondary N) is 1. The standard InChI is InChI=1S/C14H23N5/c1-9-5-6-17-14(12(9)13(15)16)19-7-10(2)11(8-19)18(3)4/h5-6,10-11H,7-8H2,1-4H3,(H3,15,16). The van der Waals surface area contributed by atoms with Gasteiger partial charge in [-0.3, -0.25) is 5.41 Å². The molecule has 2 unspecified atom stereocenters. The number of anilines is 1. The topological polar surface area (TPSA) is 69.2 Å². The molecule has 104 valence electrons. The fourth-order valence-electron chi connectivity index (χ4n) is 2.91. The molecule has 0 spiro atoms. The van der Waals surface area contributed by atoms with E-state index in [1.165, 1.54) is 0 Å². The third-order valence-electron chi connectivity index (χ3n) is 3.94. The zero-order valence-corrected chi connectivity index (χ0v) is 12.1. The number of hydrogen-bond donors (Lipinski definition) is 2. The van der Waals surface area contributed by atoms with Gasteiger partial charge in [0.25, 0.3) is 0 Å². The lowest BCUT2D eigenvalue weighted by Crippen LogP contribution is -2.34. The number of nitrogen functional groups attached to an aromatic ring is 1. The molecule has 5 nitrogen and oxygen atoms in total. The Morgan fingerprint density at radius 3 is 2.68 bits per heavy atom. The molecule has 2 heterocycles. The van der Waals surface area contributed by atoms with Gasteiger partial charge in [0.15, 0.2) is 0 Å². The zero-order valence-electron chi connectivity index (χ0n) is 12.1. The number of pyridine rings is 1. The molecule has 0 amide bonds. The lowest BCUT2D eigenvalue weighted by Gasteiger charge is -2.23. The number of hydrogen-bond acceptors (Lipinski definition) is 4. The van der Waals surface area contributed by atoms with Crippen LogP contribution in [-0.4, -0.2) is 48.9 Å². The maximum atomic E-state index is 7.77. The van der Waals surface area contributed by atoms with Gasteiger partial charge in [-0.1, -0.05) is 6.92 Å². The molecule has 0 aliphatic carbocycles. The van der Waals surface area contributed by atoms with Crippen LogP contribution in [0.3, 0.4) is 0 Å². The molecule has 0 saturated carbocycles. The van der Waals surface area contributed by atoms with Gasteiger partial charge in [-0.25, -0.2) is 4.98 Å². The smallest absolute Gasteiger partial charge is 0.139 e. The summed E-state index contributed by atoms with van der Waals surface area (Å²) in [5.41, 5.74) is 7.50. The number of aryl methyl sites for hydroxylation is 1. The number of rotatable bonds is 3. The van der Waals surface area contributed by atoms with E-state index in [0.29, 0.717) is 12.0 Å². The van der Waals surface area contributed by atoms with Crippen LogP contribution in [0, 0.1) is 18.3 Å². The van der Waals surface area contributed by atoms with Crippen molar-refractivity contribution in [3.8, 4) is 0 Å². The summed E-state index contributed by atoms with van der Waals surface area (Å²) < 4.78 is 0.